The smallest absolute Gasteiger partial charge is 0.186 e. The Hall–Kier alpha value is -1.13. The molecule has 0 atom stereocenters. The zero-order valence-electron chi connectivity index (χ0n) is 7.28. The van der Waals surface area contributed by atoms with Gasteiger partial charge in [-0.25, -0.2) is 0 Å². The van der Waals surface area contributed by atoms with Crippen molar-refractivity contribution in [3.8, 4) is 0 Å². The molecule has 0 aromatic carbocycles. The molecule has 2 rings (SSSR count). The van der Waals surface area contributed by atoms with Crippen molar-refractivity contribution >= 4 is 27.3 Å². The van der Waals surface area contributed by atoms with E-state index in [4.69, 9.17) is 5.73 Å². The molecule has 0 aliphatic carbocycles. The molecule has 0 amide bonds. The summed E-state index contributed by atoms with van der Waals surface area (Å²) in [5, 5.41) is 0. The number of carbonyl (C=O) groups is 1. The molecule has 2 aromatic heterocycles. The van der Waals surface area contributed by atoms with Gasteiger partial charge in [0.1, 0.15) is 0 Å². The lowest BCUT2D eigenvalue weighted by atomic mass is 10.3. The number of aryl methyl sites for hydroxylation is 1. The molecular formula is C9H10N2OS. The van der Waals surface area contributed by atoms with E-state index in [1.54, 1.807) is 0 Å². The van der Waals surface area contributed by atoms with E-state index in [0.29, 0.717) is 0 Å². The van der Waals surface area contributed by atoms with Crippen LogP contribution in [0.4, 0.5) is 0 Å². The average Bonchev–Trinajstić information content (AvgIpc) is 2.67. The Kier molecular flexibility index (Phi) is 1.94. The second-order valence-electron chi connectivity index (χ2n) is 2.91. The number of ketones is 1. The largest absolute Gasteiger partial charge is 0.350 e. The van der Waals surface area contributed by atoms with Crippen LogP contribution < -0.4 is 5.73 Å². The number of hydrogen-bond donors (Lipinski definition) is 1. The Labute approximate surface area is 79.8 Å². The fraction of sp³-hybridized carbons (Fsp3) is 0.222. The van der Waals surface area contributed by atoms with Gasteiger partial charge in [-0.05, 0) is 12.1 Å². The predicted octanol–water partition coefficient (Wildman–Crippen LogP) is 1.38. The second-order valence-corrected chi connectivity index (χ2v) is 4.00. The summed E-state index contributed by atoms with van der Waals surface area (Å²) in [5.74, 6) is 0.0150. The number of nitrogens with two attached hydrogens (primary N) is 1. The van der Waals surface area contributed by atoms with Crippen molar-refractivity contribution in [2.24, 2.45) is 12.8 Å². The third kappa shape index (κ3) is 1.28. The number of aromatic nitrogens is 1. The van der Waals surface area contributed by atoms with Gasteiger partial charge in [0.25, 0.3) is 0 Å². The molecule has 0 saturated heterocycles. The molecule has 0 bridgehead atoms. The standard InChI is InChI=1S/C9H10N2OS/c1-11-3-2-8-6(11)4-9(13-8)7(12)5-10/h2-4H,5,10H2,1H3. The number of hydrogen-bond acceptors (Lipinski definition) is 3. The molecule has 0 spiro atoms. The van der Waals surface area contributed by atoms with E-state index in [1.165, 1.54) is 11.3 Å². The van der Waals surface area contributed by atoms with Gasteiger partial charge >= 0.3 is 0 Å². The highest BCUT2D eigenvalue weighted by Crippen LogP contribution is 2.25. The van der Waals surface area contributed by atoms with Crippen molar-refractivity contribution in [1.29, 1.82) is 0 Å². The Morgan fingerprint density at radius 2 is 2.46 bits per heavy atom. The highest BCUT2D eigenvalue weighted by Gasteiger charge is 2.09. The van der Waals surface area contributed by atoms with Gasteiger partial charge < -0.3 is 10.3 Å². The topological polar surface area (TPSA) is 48.0 Å². The number of thiophene rings is 1. The van der Waals surface area contributed by atoms with E-state index in [1.807, 2.05) is 29.9 Å². The van der Waals surface area contributed by atoms with Gasteiger partial charge in [-0.1, -0.05) is 0 Å². The molecular weight excluding hydrogens is 184 g/mol. The number of nitrogens with zero attached hydrogens (tertiary/aromatic N) is 1. The number of carbonyl (C=O) groups excluding carboxylic acids is 1. The van der Waals surface area contributed by atoms with Gasteiger partial charge in [-0.3, -0.25) is 4.79 Å². The Bertz CT molecular complexity index is 455. The van der Waals surface area contributed by atoms with E-state index in [0.717, 1.165) is 15.1 Å². The van der Waals surface area contributed by atoms with E-state index >= 15 is 0 Å². The normalized spacial score (nSPS) is 10.9. The minimum absolute atomic E-state index is 0.0150. The van der Waals surface area contributed by atoms with Crippen LogP contribution in [-0.2, 0) is 7.05 Å². The van der Waals surface area contributed by atoms with Crippen molar-refractivity contribution in [3.05, 3.63) is 23.2 Å². The summed E-state index contributed by atoms with van der Waals surface area (Å²) in [4.78, 5) is 12.0. The molecule has 3 nitrogen and oxygen atoms in total. The SMILES string of the molecule is Cn1ccc2sc(C(=O)CN)cc21. The van der Waals surface area contributed by atoms with Crippen molar-refractivity contribution < 1.29 is 4.79 Å². The molecule has 0 aliphatic heterocycles. The van der Waals surface area contributed by atoms with Crippen LogP contribution in [0.2, 0.25) is 0 Å². The van der Waals surface area contributed by atoms with Crippen LogP contribution in [0, 0.1) is 0 Å². The Balaban J connectivity index is 2.56. The maximum Gasteiger partial charge on any atom is 0.186 e. The van der Waals surface area contributed by atoms with Crippen LogP contribution in [0.5, 0.6) is 0 Å². The first-order valence-electron chi connectivity index (χ1n) is 4.00. The van der Waals surface area contributed by atoms with Crippen molar-refractivity contribution in [2.75, 3.05) is 6.54 Å². The monoisotopic (exact) mass is 194 g/mol. The summed E-state index contributed by atoms with van der Waals surface area (Å²) in [6.45, 7) is 0.0901. The molecule has 0 aliphatic rings. The molecule has 13 heavy (non-hydrogen) atoms. The summed E-state index contributed by atoms with van der Waals surface area (Å²) in [6.07, 6.45) is 1.98. The fourth-order valence-electron chi connectivity index (χ4n) is 1.29. The second kappa shape index (κ2) is 2.97. The van der Waals surface area contributed by atoms with Gasteiger partial charge in [0.2, 0.25) is 0 Å². The van der Waals surface area contributed by atoms with Crippen LogP contribution in [0.1, 0.15) is 9.67 Å². The molecule has 68 valence electrons. The summed E-state index contributed by atoms with van der Waals surface area (Å²) in [7, 11) is 1.96. The van der Waals surface area contributed by atoms with Crippen LogP contribution in [0.3, 0.4) is 0 Å². The number of rotatable bonds is 2. The van der Waals surface area contributed by atoms with Gasteiger partial charge in [0.05, 0.1) is 21.6 Å². The third-order valence-electron chi connectivity index (χ3n) is 2.03. The van der Waals surface area contributed by atoms with E-state index < -0.39 is 0 Å². The molecule has 0 unspecified atom stereocenters. The summed E-state index contributed by atoms with van der Waals surface area (Å²) in [6, 6.07) is 3.91. The number of fused-ring (bicyclic) bond motifs is 1. The molecule has 2 N–H and O–H groups in total. The lowest BCUT2D eigenvalue weighted by molar-refractivity contribution is 0.101. The molecule has 0 saturated carbocycles. The van der Waals surface area contributed by atoms with Crippen LogP contribution >= 0.6 is 11.3 Å². The van der Waals surface area contributed by atoms with Gasteiger partial charge in [-0.15, -0.1) is 11.3 Å². The van der Waals surface area contributed by atoms with Crippen molar-refractivity contribution in [1.82, 2.24) is 4.57 Å². The maximum atomic E-state index is 11.3. The minimum atomic E-state index is 0.0150. The van der Waals surface area contributed by atoms with Crippen LogP contribution in [-0.4, -0.2) is 16.9 Å². The maximum absolute atomic E-state index is 11.3. The molecule has 0 radical (unpaired) electrons. The first-order chi connectivity index (χ1) is 6.22. The quantitative estimate of drug-likeness (QED) is 0.734. The minimum Gasteiger partial charge on any atom is -0.350 e. The molecule has 4 heteroatoms. The van der Waals surface area contributed by atoms with Gasteiger partial charge in [0.15, 0.2) is 5.78 Å². The van der Waals surface area contributed by atoms with E-state index in [2.05, 4.69) is 0 Å². The average molecular weight is 194 g/mol. The Morgan fingerprint density at radius 1 is 1.69 bits per heavy atom. The fourth-order valence-corrected chi connectivity index (χ4v) is 2.33. The first kappa shape index (κ1) is 8.47. The van der Waals surface area contributed by atoms with Crippen molar-refractivity contribution in [2.45, 2.75) is 0 Å². The van der Waals surface area contributed by atoms with Crippen molar-refractivity contribution in [3.63, 3.8) is 0 Å². The zero-order valence-corrected chi connectivity index (χ0v) is 8.10. The summed E-state index contributed by atoms with van der Waals surface area (Å²) in [5.41, 5.74) is 6.38. The first-order valence-corrected chi connectivity index (χ1v) is 4.82. The number of Topliss-reactive ketones (excluding diaryl/α,β-unsaturated/α-hetero) is 1. The lowest BCUT2D eigenvalue weighted by Gasteiger charge is -1.90. The van der Waals surface area contributed by atoms with Gasteiger partial charge in [0, 0.05) is 13.2 Å². The highest BCUT2D eigenvalue weighted by atomic mass is 32.1. The highest BCUT2D eigenvalue weighted by molar-refractivity contribution is 7.20. The van der Waals surface area contributed by atoms with Crippen LogP contribution in [0.15, 0.2) is 18.3 Å². The molecule has 2 aromatic rings. The lowest BCUT2D eigenvalue weighted by Crippen LogP contribution is -2.11. The van der Waals surface area contributed by atoms with Gasteiger partial charge in [-0.2, -0.15) is 0 Å². The van der Waals surface area contributed by atoms with Crippen LogP contribution in [0.25, 0.3) is 10.2 Å². The predicted molar refractivity (Wildman–Crippen MR) is 54.2 cm³/mol. The molecule has 0 fully saturated rings. The summed E-state index contributed by atoms with van der Waals surface area (Å²) >= 11 is 1.50. The summed E-state index contributed by atoms with van der Waals surface area (Å²) < 4.78 is 3.14. The van der Waals surface area contributed by atoms with E-state index in [9.17, 15) is 4.79 Å². The zero-order chi connectivity index (χ0) is 9.42. The third-order valence-corrected chi connectivity index (χ3v) is 3.16. The van der Waals surface area contributed by atoms with E-state index in [-0.39, 0.29) is 12.3 Å². The Morgan fingerprint density at radius 3 is 3.08 bits per heavy atom. The molecule has 2 heterocycles.